The average Bonchev–Trinajstić information content (AvgIpc) is 2.34. The van der Waals surface area contributed by atoms with Crippen LogP contribution < -0.4 is 5.32 Å². The van der Waals surface area contributed by atoms with Crippen molar-refractivity contribution in [2.24, 2.45) is 0 Å². The molecular formula is C14H12BrCl2N. The number of halogens is 3. The molecule has 0 radical (unpaired) electrons. The maximum atomic E-state index is 6.19. The third-order valence-electron chi connectivity index (χ3n) is 2.67. The molecule has 0 heterocycles. The van der Waals surface area contributed by atoms with Crippen molar-refractivity contribution in [2.45, 2.75) is 13.0 Å². The van der Waals surface area contributed by atoms with Gasteiger partial charge in [-0.25, -0.2) is 0 Å². The molecule has 0 amide bonds. The van der Waals surface area contributed by atoms with E-state index in [-0.39, 0.29) is 6.04 Å². The standard InChI is InChI=1S/C14H12BrCl2N/c1-9(10-5-3-2-4-6-10)18-14-12(16)7-11(15)8-13(14)17/h2-9,18H,1H3. The molecule has 2 aromatic carbocycles. The molecule has 0 spiro atoms. The van der Waals surface area contributed by atoms with Crippen LogP contribution in [0.15, 0.2) is 46.9 Å². The van der Waals surface area contributed by atoms with Gasteiger partial charge in [0.05, 0.1) is 15.7 Å². The second-order valence-electron chi connectivity index (χ2n) is 4.02. The lowest BCUT2D eigenvalue weighted by atomic mass is 10.1. The van der Waals surface area contributed by atoms with Gasteiger partial charge in [-0.05, 0) is 24.6 Å². The van der Waals surface area contributed by atoms with Crippen LogP contribution >= 0.6 is 39.1 Å². The zero-order chi connectivity index (χ0) is 13.1. The van der Waals surface area contributed by atoms with Gasteiger partial charge in [0.15, 0.2) is 0 Å². The molecule has 1 atom stereocenters. The number of nitrogens with one attached hydrogen (secondary N) is 1. The second-order valence-corrected chi connectivity index (χ2v) is 5.75. The van der Waals surface area contributed by atoms with Crippen molar-refractivity contribution in [1.82, 2.24) is 0 Å². The highest BCUT2D eigenvalue weighted by Crippen LogP contribution is 2.35. The number of rotatable bonds is 3. The fraction of sp³-hybridized carbons (Fsp3) is 0.143. The Morgan fingerprint density at radius 3 is 2.17 bits per heavy atom. The van der Waals surface area contributed by atoms with Crippen LogP contribution in [0.3, 0.4) is 0 Å². The minimum absolute atomic E-state index is 0.141. The number of benzene rings is 2. The molecule has 94 valence electrons. The third kappa shape index (κ3) is 3.19. The Labute approximate surface area is 125 Å². The summed E-state index contributed by atoms with van der Waals surface area (Å²) in [4.78, 5) is 0. The van der Waals surface area contributed by atoms with Crippen LogP contribution in [-0.2, 0) is 0 Å². The summed E-state index contributed by atoms with van der Waals surface area (Å²) in [5.41, 5.74) is 1.95. The SMILES string of the molecule is CC(Nc1c(Cl)cc(Br)cc1Cl)c1ccccc1. The largest absolute Gasteiger partial charge is 0.376 e. The van der Waals surface area contributed by atoms with Gasteiger partial charge in [0, 0.05) is 10.5 Å². The summed E-state index contributed by atoms with van der Waals surface area (Å²) in [5, 5.41) is 4.55. The minimum atomic E-state index is 0.141. The predicted molar refractivity (Wildman–Crippen MR) is 82.6 cm³/mol. The molecule has 0 aromatic heterocycles. The molecular weight excluding hydrogens is 333 g/mol. The fourth-order valence-electron chi connectivity index (χ4n) is 1.72. The van der Waals surface area contributed by atoms with E-state index in [1.807, 2.05) is 30.3 Å². The lowest BCUT2D eigenvalue weighted by Crippen LogP contribution is -2.07. The Morgan fingerprint density at radius 2 is 1.61 bits per heavy atom. The van der Waals surface area contributed by atoms with Gasteiger partial charge < -0.3 is 5.32 Å². The highest BCUT2D eigenvalue weighted by molar-refractivity contribution is 9.10. The number of hydrogen-bond acceptors (Lipinski definition) is 1. The monoisotopic (exact) mass is 343 g/mol. The van der Waals surface area contributed by atoms with Crippen molar-refractivity contribution in [1.29, 1.82) is 0 Å². The van der Waals surface area contributed by atoms with E-state index in [1.54, 1.807) is 0 Å². The summed E-state index contributed by atoms with van der Waals surface area (Å²) in [7, 11) is 0. The molecule has 2 aromatic rings. The van der Waals surface area contributed by atoms with E-state index in [4.69, 9.17) is 23.2 Å². The summed E-state index contributed by atoms with van der Waals surface area (Å²) in [6, 6.07) is 14.0. The highest BCUT2D eigenvalue weighted by Gasteiger charge is 2.11. The fourth-order valence-corrected chi connectivity index (χ4v) is 3.04. The van der Waals surface area contributed by atoms with Crippen LogP contribution in [0.1, 0.15) is 18.5 Å². The Morgan fingerprint density at radius 1 is 1.06 bits per heavy atom. The van der Waals surface area contributed by atoms with Crippen LogP contribution in [0.2, 0.25) is 10.0 Å². The van der Waals surface area contributed by atoms with Crippen molar-refractivity contribution in [2.75, 3.05) is 5.32 Å². The molecule has 1 nitrogen and oxygen atoms in total. The van der Waals surface area contributed by atoms with E-state index >= 15 is 0 Å². The Kier molecular flexibility index (Phi) is 4.55. The number of hydrogen-bond donors (Lipinski definition) is 1. The van der Waals surface area contributed by atoms with Crippen LogP contribution in [-0.4, -0.2) is 0 Å². The van der Waals surface area contributed by atoms with Crippen molar-refractivity contribution in [3.8, 4) is 0 Å². The van der Waals surface area contributed by atoms with Gasteiger partial charge in [-0.1, -0.05) is 69.5 Å². The van der Waals surface area contributed by atoms with Crippen molar-refractivity contribution in [3.63, 3.8) is 0 Å². The molecule has 2 rings (SSSR count). The van der Waals surface area contributed by atoms with Gasteiger partial charge in [-0.3, -0.25) is 0 Å². The van der Waals surface area contributed by atoms with E-state index in [2.05, 4.69) is 40.3 Å². The Bertz CT molecular complexity index is 520. The van der Waals surface area contributed by atoms with Crippen LogP contribution in [0, 0.1) is 0 Å². The number of anilines is 1. The second kappa shape index (κ2) is 5.96. The summed E-state index contributed by atoms with van der Waals surface area (Å²) in [5.74, 6) is 0. The molecule has 0 saturated carbocycles. The van der Waals surface area contributed by atoms with Gasteiger partial charge in [-0.15, -0.1) is 0 Å². The normalized spacial score (nSPS) is 12.2. The van der Waals surface area contributed by atoms with Gasteiger partial charge in [-0.2, -0.15) is 0 Å². The average molecular weight is 345 g/mol. The molecule has 1 N–H and O–H groups in total. The summed E-state index contributed by atoms with van der Waals surface area (Å²) in [6.07, 6.45) is 0. The maximum absolute atomic E-state index is 6.19. The van der Waals surface area contributed by atoms with E-state index < -0.39 is 0 Å². The highest BCUT2D eigenvalue weighted by atomic mass is 79.9. The topological polar surface area (TPSA) is 12.0 Å². The summed E-state index contributed by atoms with van der Waals surface area (Å²) < 4.78 is 0.871. The molecule has 0 aliphatic heterocycles. The molecule has 0 aliphatic rings. The maximum Gasteiger partial charge on any atom is 0.0724 e. The van der Waals surface area contributed by atoms with Gasteiger partial charge in [0.25, 0.3) is 0 Å². The third-order valence-corrected chi connectivity index (χ3v) is 3.72. The van der Waals surface area contributed by atoms with Crippen molar-refractivity contribution >= 4 is 44.8 Å². The Balaban J connectivity index is 2.25. The summed E-state index contributed by atoms with van der Waals surface area (Å²) in [6.45, 7) is 2.07. The first-order valence-electron chi connectivity index (χ1n) is 5.54. The predicted octanol–water partition coefficient (Wildman–Crippen LogP) is 5.93. The molecule has 18 heavy (non-hydrogen) atoms. The van der Waals surface area contributed by atoms with Gasteiger partial charge >= 0.3 is 0 Å². The molecule has 0 aliphatic carbocycles. The van der Waals surface area contributed by atoms with E-state index in [0.717, 1.165) is 10.2 Å². The van der Waals surface area contributed by atoms with Crippen LogP contribution in [0.5, 0.6) is 0 Å². The lowest BCUT2D eigenvalue weighted by Gasteiger charge is -2.18. The van der Waals surface area contributed by atoms with Crippen LogP contribution in [0.4, 0.5) is 5.69 Å². The molecule has 4 heteroatoms. The van der Waals surface area contributed by atoms with E-state index in [9.17, 15) is 0 Å². The lowest BCUT2D eigenvalue weighted by molar-refractivity contribution is 0.885. The van der Waals surface area contributed by atoms with Crippen molar-refractivity contribution < 1.29 is 0 Å². The van der Waals surface area contributed by atoms with Crippen LogP contribution in [0.25, 0.3) is 0 Å². The quantitative estimate of drug-likeness (QED) is 0.727. The Hall–Kier alpha value is -0.700. The molecule has 1 unspecified atom stereocenters. The first-order valence-corrected chi connectivity index (χ1v) is 7.09. The van der Waals surface area contributed by atoms with E-state index in [1.165, 1.54) is 5.56 Å². The van der Waals surface area contributed by atoms with E-state index in [0.29, 0.717) is 10.0 Å². The first kappa shape index (κ1) is 13.7. The minimum Gasteiger partial charge on any atom is -0.376 e. The molecule has 0 fully saturated rings. The smallest absolute Gasteiger partial charge is 0.0724 e. The zero-order valence-corrected chi connectivity index (χ0v) is 12.9. The van der Waals surface area contributed by atoms with Gasteiger partial charge in [0.2, 0.25) is 0 Å². The zero-order valence-electron chi connectivity index (χ0n) is 9.75. The first-order chi connectivity index (χ1) is 8.58. The molecule has 0 bridgehead atoms. The van der Waals surface area contributed by atoms with Crippen molar-refractivity contribution in [3.05, 3.63) is 62.5 Å². The molecule has 0 saturated heterocycles. The summed E-state index contributed by atoms with van der Waals surface area (Å²) >= 11 is 15.7. The van der Waals surface area contributed by atoms with Gasteiger partial charge in [0.1, 0.15) is 0 Å².